The highest BCUT2D eigenvalue weighted by atomic mass is 32.1. The number of hydrogen-bond donors (Lipinski definition) is 1. The first-order valence-electron chi connectivity index (χ1n) is 10.5. The van der Waals surface area contributed by atoms with Gasteiger partial charge in [-0.1, -0.05) is 24.3 Å². The van der Waals surface area contributed by atoms with Crippen LogP contribution in [0.1, 0.15) is 30.4 Å². The third-order valence-electron chi connectivity index (χ3n) is 5.71. The zero-order valence-corrected chi connectivity index (χ0v) is 17.8. The fourth-order valence-electron chi connectivity index (χ4n) is 4.03. The van der Waals surface area contributed by atoms with Crippen LogP contribution in [0.2, 0.25) is 0 Å². The van der Waals surface area contributed by atoms with Crippen LogP contribution in [0.3, 0.4) is 0 Å². The lowest BCUT2D eigenvalue weighted by Gasteiger charge is -2.16. The van der Waals surface area contributed by atoms with Crippen molar-refractivity contribution in [3.8, 4) is 11.3 Å². The number of rotatable bonds is 5. The number of amides is 1. The van der Waals surface area contributed by atoms with E-state index in [0.717, 1.165) is 24.1 Å². The van der Waals surface area contributed by atoms with Crippen LogP contribution in [0.25, 0.3) is 22.2 Å². The zero-order chi connectivity index (χ0) is 21.2. The van der Waals surface area contributed by atoms with E-state index in [-0.39, 0.29) is 24.4 Å². The predicted molar refractivity (Wildman–Crippen MR) is 123 cm³/mol. The summed E-state index contributed by atoms with van der Waals surface area (Å²) in [6, 6.07) is 13.8. The summed E-state index contributed by atoms with van der Waals surface area (Å²) in [6.45, 7) is 0.269. The lowest BCUT2D eigenvalue weighted by Crippen LogP contribution is -2.23. The maximum absolute atomic E-state index is 12.5. The summed E-state index contributed by atoms with van der Waals surface area (Å²) in [5.41, 5.74) is 5.34. The van der Waals surface area contributed by atoms with Crippen LogP contribution >= 0.6 is 11.3 Å². The molecule has 5 rings (SSSR count). The molecule has 1 aliphatic carbocycles. The lowest BCUT2D eigenvalue weighted by atomic mass is 9.90. The Morgan fingerprint density at radius 3 is 2.84 bits per heavy atom. The molecule has 0 bridgehead atoms. The van der Waals surface area contributed by atoms with E-state index in [0.29, 0.717) is 16.0 Å². The molecule has 31 heavy (non-hydrogen) atoms. The van der Waals surface area contributed by atoms with E-state index < -0.39 is 0 Å². The van der Waals surface area contributed by atoms with Gasteiger partial charge in [-0.25, -0.2) is 9.97 Å². The van der Waals surface area contributed by atoms with Gasteiger partial charge in [-0.3, -0.25) is 14.2 Å². The first kappa shape index (κ1) is 19.6. The average molecular weight is 431 g/mol. The summed E-state index contributed by atoms with van der Waals surface area (Å²) in [5, 5.41) is 5.95. The molecule has 2 heterocycles. The van der Waals surface area contributed by atoms with Crippen LogP contribution in [0.5, 0.6) is 0 Å². The molecule has 1 N–H and O–H groups in total. The Hall–Kier alpha value is -3.32. The number of nitrogens with one attached hydrogen (secondary N) is 1. The molecule has 2 aromatic carbocycles. The number of benzene rings is 2. The van der Waals surface area contributed by atoms with Gasteiger partial charge in [0.2, 0.25) is 5.91 Å². The van der Waals surface area contributed by atoms with Gasteiger partial charge in [0.05, 0.1) is 22.9 Å². The maximum atomic E-state index is 12.5. The number of carbonyl (C=O) groups excluding carboxylic acids is 1. The Morgan fingerprint density at radius 1 is 1.10 bits per heavy atom. The normalized spacial score (nSPS) is 13.2. The van der Waals surface area contributed by atoms with Gasteiger partial charge < -0.3 is 5.32 Å². The van der Waals surface area contributed by atoms with Crippen LogP contribution in [0.15, 0.2) is 59.0 Å². The van der Waals surface area contributed by atoms with E-state index >= 15 is 0 Å². The quantitative estimate of drug-likeness (QED) is 0.508. The third kappa shape index (κ3) is 4.14. The van der Waals surface area contributed by atoms with E-state index in [4.69, 9.17) is 0 Å². The summed E-state index contributed by atoms with van der Waals surface area (Å²) in [6.07, 6.45) is 6.46. The minimum atomic E-state index is -0.175. The standard InChI is InChI=1S/C24H22N4O2S/c29-22(11-12-28-15-25-20-8-4-3-7-19(20)23(28)30)27-24-26-21(14-31-24)18-10-9-16-5-1-2-6-17(16)13-18/h3-4,7-10,13-15H,1-2,5-6,11-12H2,(H,26,27,29). The van der Waals surface area contributed by atoms with E-state index in [9.17, 15) is 9.59 Å². The summed E-state index contributed by atoms with van der Waals surface area (Å²) in [7, 11) is 0. The van der Waals surface area contributed by atoms with Crippen molar-refractivity contribution in [2.24, 2.45) is 0 Å². The molecule has 0 fully saturated rings. The summed E-state index contributed by atoms with van der Waals surface area (Å²) in [5.74, 6) is -0.175. The molecule has 4 aromatic rings. The molecule has 1 amide bonds. The van der Waals surface area contributed by atoms with Crippen molar-refractivity contribution in [3.05, 3.63) is 75.7 Å². The van der Waals surface area contributed by atoms with Crippen molar-refractivity contribution < 1.29 is 4.79 Å². The van der Waals surface area contributed by atoms with Crippen molar-refractivity contribution >= 4 is 33.3 Å². The summed E-state index contributed by atoms with van der Waals surface area (Å²) in [4.78, 5) is 33.8. The Labute approximate surface area is 183 Å². The molecule has 0 aliphatic heterocycles. The van der Waals surface area contributed by atoms with E-state index in [1.54, 1.807) is 12.1 Å². The smallest absolute Gasteiger partial charge is 0.261 e. The lowest BCUT2D eigenvalue weighted by molar-refractivity contribution is -0.116. The fourth-order valence-corrected chi connectivity index (χ4v) is 4.76. The fraction of sp³-hybridized carbons (Fsp3) is 0.250. The highest BCUT2D eigenvalue weighted by Crippen LogP contribution is 2.29. The van der Waals surface area contributed by atoms with Gasteiger partial charge >= 0.3 is 0 Å². The zero-order valence-electron chi connectivity index (χ0n) is 17.0. The second-order valence-corrected chi connectivity index (χ2v) is 8.65. The number of thiazole rings is 1. The number of hydrogen-bond acceptors (Lipinski definition) is 5. The summed E-state index contributed by atoms with van der Waals surface area (Å²) >= 11 is 1.41. The number of para-hydroxylation sites is 1. The Kier molecular flexibility index (Phi) is 5.34. The molecular formula is C24H22N4O2S. The molecule has 1 aliphatic rings. The topological polar surface area (TPSA) is 76.9 Å². The molecule has 2 aromatic heterocycles. The second kappa shape index (κ2) is 8.43. The van der Waals surface area contributed by atoms with Crippen molar-refractivity contribution in [1.82, 2.24) is 14.5 Å². The van der Waals surface area contributed by atoms with Gasteiger partial charge in [-0.15, -0.1) is 11.3 Å². The van der Waals surface area contributed by atoms with Crippen LogP contribution in [-0.2, 0) is 24.2 Å². The van der Waals surface area contributed by atoms with Crippen molar-refractivity contribution in [1.29, 1.82) is 0 Å². The van der Waals surface area contributed by atoms with Gasteiger partial charge in [0.25, 0.3) is 5.56 Å². The van der Waals surface area contributed by atoms with Crippen LogP contribution < -0.4 is 10.9 Å². The molecule has 0 saturated carbocycles. The first-order valence-corrected chi connectivity index (χ1v) is 11.4. The molecule has 156 valence electrons. The van der Waals surface area contributed by atoms with Gasteiger partial charge in [-0.2, -0.15) is 0 Å². The highest BCUT2D eigenvalue weighted by molar-refractivity contribution is 7.14. The van der Waals surface area contributed by atoms with Gasteiger partial charge in [-0.05, 0) is 55.0 Å². The Balaban J connectivity index is 1.24. The number of carbonyl (C=O) groups is 1. The number of anilines is 1. The number of fused-ring (bicyclic) bond motifs is 2. The molecule has 0 atom stereocenters. The molecule has 0 unspecified atom stereocenters. The van der Waals surface area contributed by atoms with Gasteiger partial charge in [0, 0.05) is 23.9 Å². The molecular weight excluding hydrogens is 408 g/mol. The molecule has 0 radical (unpaired) electrons. The van der Waals surface area contributed by atoms with Crippen molar-refractivity contribution in [3.63, 3.8) is 0 Å². The first-order chi connectivity index (χ1) is 15.2. The molecule has 0 saturated heterocycles. The van der Waals surface area contributed by atoms with Crippen LogP contribution in [0, 0.1) is 0 Å². The molecule has 0 spiro atoms. The van der Waals surface area contributed by atoms with Gasteiger partial charge in [0.15, 0.2) is 5.13 Å². The van der Waals surface area contributed by atoms with E-state index in [1.165, 1.54) is 46.2 Å². The largest absolute Gasteiger partial charge is 0.302 e. The minimum absolute atomic E-state index is 0.137. The predicted octanol–water partition coefficient (Wildman–Crippen LogP) is 4.43. The van der Waals surface area contributed by atoms with E-state index in [1.807, 2.05) is 17.5 Å². The Bertz CT molecular complexity index is 1320. The van der Waals surface area contributed by atoms with Gasteiger partial charge in [0.1, 0.15) is 0 Å². The van der Waals surface area contributed by atoms with Crippen LogP contribution in [0.4, 0.5) is 5.13 Å². The SMILES string of the molecule is O=C(CCn1cnc2ccccc2c1=O)Nc1nc(-c2ccc3c(c2)CCCC3)cs1. The second-order valence-electron chi connectivity index (χ2n) is 7.79. The highest BCUT2D eigenvalue weighted by Gasteiger charge is 2.13. The van der Waals surface area contributed by atoms with E-state index in [2.05, 4.69) is 33.5 Å². The Morgan fingerprint density at radius 2 is 1.94 bits per heavy atom. The number of aromatic nitrogens is 3. The van der Waals surface area contributed by atoms with Crippen LogP contribution in [-0.4, -0.2) is 20.4 Å². The number of aryl methyl sites for hydroxylation is 3. The minimum Gasteiger partial charge on any atom is -0.302 e. The molecule has 7 heteroatoms. The monoisotopic (exact) mass is 430 g/mol. The maximum Gasteiger partial charge on any atom is 0.261 e. The third-order valence-corrected chi connectivity index (χ3v) is 6.46. The van der Waals surface area contributed by atoms with Crippen molar-refractivity contribution in [2.45, 2.75) is 38.6 Å². The molecule has 6 nitrogen and oxygen atoms in total. The average Bonchev–Trinajstić information content (AvgIpc) is 3.27. The number of nitrogens with zero attached hydrogens (tertiary/aromatic N) is 3. The summed E-state index contributed by atoms with van der Waals surface area (Å²) < 4.78 is 1.47. The van der Waals surface area contributed by atoms with Crippen molar-refractivity contribution in [2.75, 3.05) is 5.32 Å².